The zero-order valence-electron chi connectivity index (χ0n) is 18.9. The van der Waals surface area contributed by atoms with Crippen LogP contribution in [0.5, 0.6) is 0 Å². The number of halogens is 1. The van der Waals surface area contributed by atoms with E-state index in [0.717, 1.165) is 18.7 Å². The molecule has 1 aliphatic heterocycles. The van der Waals surface area contributed by atoms with Crippen molar-refractivity contribution in [1.82, 2.24) is 14.8 Å². The van der Waals surface area contributed by atoms with E-state index in [1.807, 2.05) is 21.1 Å². The number of hydrogen-bond donors (Lipinski definition) is 5. The molecule has 3 rings (SSSR count). The van der Waals surface area contributed by atoms with Crippen molar-refractivity contribution >= 4 is 41.3 Å². The monoisotopic (exact) mass is 457 g/mol. The Morgan fingerprint density at radius 1 is 1.36 bits per heavy atom. The number of primary amides is 1. The van der Waals surface area contributed by atoms with Crippen LogP contribution in [-0.2, 0) is 4.74 Å². The van der Waals surface area contributed by atoms with Crippen molar-refractivity contribution in [2.45, 2.75) is 18.5 Å². The molecule has 2 aromatic rings. The highest BCUT2D eigenvalue weighted by atomic mass is 19.1. The summed E-state index contributed by atoms with van der Waals surface area (Å²) in [6.45, 7) is 1.10. The number of hydrogen-bond acceptors (Lipinski definition) is 8. The summed E-state index contributed by atoms with van der Waals surface area (Å²) in [5, 5.41) is 17.2. The summed E-state index contributed by atoms with van der Waals surface area (Å²) in [5.74, 6) is -1.03. The number of nitrogens with two attached hydrogens (primary N) is 1. The molecule has 6 N–H and O–H groups in total. The van der Waals surface area contributed by atoms with Gasteiger partial charge in [-0.05, 0) is 31.3 Å². The van der Waals surface area contributed by atoms with Crippen LogP contribution in [0.2, 0.25) is 0 Å². The fourth-order valence-electron chi connectivity index (χ4n) is 4.05. The van der Waals surface area contributed by atoms with Gasteiger partial charge in [0.15, 0.2) is 0 Å². The lowest BCUT2D eigenvalue weighted by molar-refractivity contribution is 0.0237. The first-order valence-electron chi connectivity index (χ1n) is 10.5. The molecule has 1 fully saturated rings. The summed E-state index contributed by atoms with van der Waals surface area (Å²) < 4.78 is 21.0. The molecule has 0 spiro atoms. The molecular formula is C22H30FN8O2+. The molecule has 1 saturated heterocycles. The van der Waals surface area contributed by atoms with Gasteiger partial charge in [-0.15, -0.1) is 0 Å². The van der Waals surface area contributed by atoms with Crippen molar-refractivity contribution in [3.63, 3.8) is 0 Å². The molecule has 1 aliphatic rings. The topological polar surface area (TPSA) is 138 Å². The van der Waals surface area contributed by atoms with E-state index in [0.29, 0.717) is 24.6 Å². The fraction of sp³-hybridized carbons (Fsp3) is 0.364. The Kier molecular flexibility index (Phi) is 7.69. The number of anilines is 3. The third kappa shape index (κ3) is 5.51. The standard InChI is InChI=1S/C22H29FN8O2/c1-26-18-13-33-10-7-19(18)31(2,3)22-17(23)12-16(20(25)32)21(29-22)28-14-5-4-6-15(11-14)30-27-9-8-24/h4-6,8-9,11-12,18-19,26H,7,10,13H2,1-3H3,(H4-,24,25,28,29,30,32)/p+1. The molecule has 2 unspecified atom stereocenters. The highest BCUT2D eigenvalue weighted by molar-refractivity contribution is 6.14. The molecule has 176 valence electrons. The maximum Gasteiger partial charge on any atom is 0.265 e. The molecular weight excluding hydrogens is 427 g/mol. The summed E-state index contributed by atoms with van der Waals surface area (Å²) in [5.41, 5.74) is 9.52. The van der Waals surface area contributed by atoms with Crippen LogP contribution in [0, 0.1) is 11.2 Å². The van der Waals surface area contributed by atoms with Gasteiger partial charge in [-0.1, -0.05) is 6.07 Å². The van der Waals surface area contributed by atoms with Crippen LogP contribution in [0.1, 0.15) is 16.8 Å². The second-order valence-electron chi connectivity index (χ2n) is 8.18. The lowest BCUT2D eigenvalue weighted by Crippen LogP contribution is -2.63. The number of pyridine rings is 1. The summed E-state index contributed by atoms with van der Waals surface area (Å²) in [6, 6.07) is 8.25. The van der Waals surface area contributed by atoms with Crippen molar-refractivity contribution in [3.05, 3.63) is 41.7 Å². The number of carbonyl (C=O) groups excluding carboxylic acids is 1. The normalized spacial score (nSPS) is 18.8. The number of benzene rings is 1. The van der Waals surface area contributed by atoms with Gasteiger partial charge in [0.05, 0.1) is 50.8 Å². The summed E-state index contributed by atoms with van der Waals surface area (Å²) >= 11 is 0. The van der Waals surface area contributed by atoms with E-state index in [1.165, 1.54) is 6.21 Å². The maximum atomic E-state index is 15.2. The minimum atomic E-state index is -0.787. The lowest BCUT2D eigenvalue weighted by Gasteiger charge is -2.42. The first-order chi connectivity index (χ1) is 15.8. The zero-order chi connectivity index (χ0) is 24.0. The van der Waals surface area contributed by atoms with Gasteiger partial charge < -0.3 is 26.5 Å². The minimum Gasteiger partial charge on any atom is -0.379 e. The Morgan fingerprint density at radius 3 is 2.82 bits per heavy atom. The Balaban J connectivity index is 1.99. The number of rotatable bonds is 9. The quantitative estimate of drug-likeness (QED) is 0.222. The Hall–Kier alpha value is -3.41. The molecule has 0 aliphatic carbocycles. The maximum absolute atomic E-state index is 15.2. The number of nitrogens with one attached hydrogen (secondary N) is 4. The predicted molar refractivity (Wildman–Crippen MR) is 129 cm³/mol. The number of ether oxygens (including phenoxy) is 1. The number of carbonyl (C=O) groups is 1. The predicted octanol–water partition coefficient (Wildman–Crippen LogP) is 2.05. The van der Waals surface area contributed by atoms with Crippen LogP contribution in [0.4, 0.5) is 27.4 Å². The first-order valence-corrected chi connectivity index (χ1v) is 10.5. The van der Waals surface area contributed by atoms with E-state index in [2.05, 4.69) is 26.1 Å². The number of aromatic nitrogens is 1. The first kappa shape index (κ1) is 24.2. The molecule has 33 heavy (non-hydrogen) atoms. The Labute approximate surface area is 192 Å². The smallest absolute Gasteiger partial charge is 0.265 e. The molecule has 11 heteroatoms. The van der Waals surface area contributed by atoms with E-state index < -0.39 is 11.7 Å². The highest BCUT2D eigenvalue weighted by Gasteiger charge is 2.42. The van der Waals surface area contributed by atoms with Gasteiger partial charge >= 0.3 is 0 Å². The molecule has 0 bridgehead atoms. The molecule has 10 nitrogen and oxygen atoms in total. The van der Waals surface area contributed by atoms with Crippen LogP contribution >= 0.6 is 0 Å². The number of amides is 1. The fourth-order valence-corrected chi connectivity index (χ4v) is 4.05. The average Bonchev–Trinajstić information content (AvgIpc) is 2.80. The van der Waals surface area contributed by atoms with Crippen LogP contribution in [0.15, 0.2) is 35.4 Å². The van der Waals surface area contributed by atoms with Crippen molar-refractivity contribution in [3.8, 4) is 0 Å². The molecule has 2 atom stereocenters. The lowest BCUT2D eigenvalue weighted by atomic mass is 9.99. The van der Waals surface area contributed by atoms with Crippen LogP contribution in [0.3, 0.4) is 0 Å². The van der Waals surface area contributed by atoms with Gasteiger partial charge in [-0.2, -0.15) is 14.5 Å². The van der Waals surface area contributed by atoms with Crippen LogP contribution < -0.4 is 26.3 Å². The highest BCUT2D eigenvalue weighted by Crippen LogP contribution is 2.32. The van der Waals surface area contributed by atoms with E-state index in [4.69, 9.17) is 15.9 Å². The van der Waals surface area contributed by atoms with Crippen LogP contribution in [0.25, 0.3) is 0 Å². The van der Waals surface area contributed by atoms with E-state index in [9.17, 15) is 4.79 Å². The summed E-state index contributed by atoms with van der Waals surface area (Å²) in [7, 11) is 5.64. The third-order valence-electron chi connectivity index (χ3n) is 5.76. The second kappa shape index (κ2) is 10.5. The van der Waals surface area contributed by atoms with E-state index >= 15 is 4.39 Å². The number of nitrogens with zero attached hydrogens (tertiary/aromatic N) is 3. The van der Waals surface area contributed by atoms with Gasteiger partial charge in [0.25, 0.3) is 11.7 Å². The van der Waals surface area contributed by atoms with Gasteiger partial charge in [0, 0.05) is 18.3 Å². The van der Waals surface area contributed by atoms with Crippen LogP contribution in [-0.4, -0.2) is 69.8 Å². The summed E-state index contributed by atoms with van der Waals surface area (Å²) in [4.78, 5) is 16.6. The minimum absolute atomic E-state index is 0.0113. The molecule has 1 aromatic carbocycles. The van der Waals surface area contributed by atoms with Crippen molar-refractivity contribution in [2.24, 2.45) is 10.8 Å². The summed E-state index contributed by atoms with van der Waals surface area (Å²) in [6.07, 6.45) is 3.08. The Bertz CT molecular complexity index is 1040. The SMILES string of the molecule is CNC1COCCC1[N+](C)(C)c1nc(Nc2cccc(NN=CC=N)c2)c(C(N)=O)cc1F. The molecule has 1 aromatic heterocycles. The largest absolute Gasteiger partial charge is 0.379 e. The van der Waals surface area contributed by atoms with E-state index in [1.54, 1.807) is 24.3 Å². The van der Waals surface area contributed by atoms with Gasteiger partial charge in [-0.25, -0.2) is 0 Å². The van der Waals surface area contributed by atoms with Gasteiger partial charge in [-0.3, -0.25) is 14.7 Å². The van der Waals surface area contributed by atoms with Crippen molar-refractivity contribution < 1.29 is 13.9 Å². The average molecular weight is 458 g/mol. The number of hydrazone groups is 1. The number of likely N-dealkylation sites (N-methyl/N-ethyl adjacent to an activating group) is 2. The second-order valence-corrected chi connectivity index (χ2v) is 8.18. The molecule has 2 heterocycles. The van der Waals surface area contributed by atoms with Crippen molar-refractivity contribution in [1.29, 1.82) is 5.41 Å². The zero-order valence-corrected chi connectivity index (χ0v) is 18.9. The molecule has 0 radical (unpaired) electrons. The molecule has 0 saturated carbocycles. The van der Waals surface area contributed by atoms with Gasteiger partial charge in [0.2, 0.25) is 5.82 Å². The Morgan fingerprint density at radius 2 is 2.12 bits per heavy atom. The van der Waals surface area contributed by atoms with Crippen molar-refractivity contribution in [2.75, 3.05) is 45.1 Å². The third-order valence-corrected chi connectivity index (χ3v) is 5.76. The number of quaternary nitrogens is 1. The molecule has 1 amide bonds. The van der Waals surface area contributed by atoms with Gasteiger partial charge in [0.1, 0.15) is 11.9 Å². The van der Waals surface area contributed by atoms with E-state index in [-0.39, 0.29) is 33.8 Å².